The number of rotatable bonds is 12. The lowest BCUT2D eigenvalue weighted by atomic mass is 10.1. The van der Waals surface area contributed by atoms with Crippen molar-refractivity contribution in [1.82, 2.24) is 15.5 Å². The Morgan fingerprint density at radius 1 is 1.03 bits per heavy atom. The number of fused-ring (bicyclic) bond motifs is 1. The van der Waals surface area contributed by atoms with E-state index < -0.39 is 23.8 Å². The Bertz CT molecular complexity index is 1190. The van der Waals surface area contributed by atoms with Crippen molar-refractivity contribution in [2.75, 3.05) is 6.61 Å². The van der Waals surface area contributed by atoms with Gasteiger partial charge in [-0.2, -0.15) is 0 Å². The number of hydrogen-bond acceptors (Lipinski definition) is 7. The molecule has 0 fully saturated rings. The highest BCUT2D eigenvalue weighted by molar-refractivity contribution is 6.22. The van der Waals surface area contributed by atoms with E-state index in [-0.39, 0.29) is 48.6 Å². The van der Waals surface area contributed by atoms with Gasteiger partial charge in [-0.25, -0.2) is 0 Å². The first-order valence-electron chi connectivity index (χ1n) is 11.9. The molecule has 1 heterocycles. The summed E-state index contributed by atoms with van der Waals surface area (Å²) in [6.07, 6.45) is 3.73. The Balaban J connectivity index is 0.00000118. The minimum atomic E-state index is -0.577. The Morgan fingerprint density at radius 2 is 1.68 bits per heavy atom. The van der Waals surface area contributed by atoms with Crippen molar-refractivity contribution in [1.29, 1.82) is 0 Å². The summed E-state index contributed by atoms with van der Waals surface area (Å²) in [5, 5.41) is 4.76. The van der Waals surface area contributed by atoms with Gasteiger partial charge in [-0.15, -0.1) is 0 Å². The maximum Gasteiger partial charge on any atom is 0.265 e. The van der Waals surface area contributed by atoms with Crippen LogP contribution in [-0.2, 0) is 27.5 Å². The average molecular weight is 521 g/mol. The number of carbonyl (C=O) groups is 5. The zero-order chi connectivity index (χ0) is 28.1. The summed E-state index contributed by atoms with van der Waals surface area (Å²) in [6, 6.07) is 11.5. The third kappa shape index (κ3) is 7.97. The molecule has 10 heteroatoms. The van der Waals surface area contributed by atoms with Gasteiger partial charge in [0.1, 0.15) is 5.75 Å². The minimum absolute atomic E-state index is 0.0220. The van der Waals surface area contributed by atoms with Crippen LogP contribution in [0.4, 0.5) is 0 Å². The molecule has 2 aromatic rings. The number of nitrogens with two attached hydrogens (primary N) is 1. The number of amides is 5. The molecule has 0 aromatic heterocycles. The van der Waals surface area contributed by atoms with Crippen molar-refractivity contribution in [3.8, 4) is 5.75 Å². The normalized spacial score (nSPS) is 12.4. The van der Waals surface area contributed by atoms with Crippen LogP contribution in [0.25, 0.3) is 0 Å². The number of carbonyl (C=O) groups excluding carboxylic acids is 5. The molecule has 0 spiro atoms. The number of hydrogen-bond donors (Lipinski definition) is 3. The van der Waals surface area contributed by atoms with Crippen molar-refractivity contribution < 1.29 is 28.7 Å². The molecule has 4 N–H and O–H groups in total. The van der Waals surface area contributed by atoms with Crippen molar-refractivity contribution in [3.05, 3.63) is 90.0 Å². The second-order valence-corrected chi connectivity index (χ2v) is 8.29. The van der Waals surface area contributed by atoms with Crippen LogP contribution in [0, 0.1) is 0 Å². The van der Waals surface area contributed by atoms with Crippen LogP contribution in [0.2, 0.25) is 0 Å². The first-order valence-corrected chi connectivity index (χ1v) is 11.9. The van der Waals surface area contributed by atoms with Gasteiger partial charge in [-0.3, -0.25) is 34.2 Å². The van der Waals surface area contributed by atoms with E-state index in [1.807, 2.05) is 29.6 Å². The van der Waals surface area contributed by atoms with Crippen LogP contribution in [0.15, 0.2) is 67.8 Å². The van der Waals surface area contributed by atoms with E-state index in [1.54, 1.807) is 25.1 Å². The van der Waals surface area contributed by atoms with Gasteiger partial charge >= 0.3 is 0 Å². The molecule has 3 rings (SSSR count). The highest BCUT2D eigenvalue weighted by Gasteiger charge is 2.40. The lowest BCUT2D eigenvalue weighted by molar-refractivity contribution is -0.125. The molecule has 38 heavy (non-hydrogen) atoms. The quantitative estimate of drug-likeness (QED) is 0.221. The number of benzene rings is 2. The highest BCUT2D eigenvalue weighted by atomic mass is 16.5. The number of imide groups is 2. The van der Waals surface area contributed by atoms with Crippen LogP contribution in [-0.4, -0.2) is 47.6 Å². The number of nitrogens with one attached hydrogen (secondary N) is 2. The van der Waals surface area contributed by atoms with Crippen molar-refractivity contribution >= 4 is 30.0 Å². The molecule has 5 amide bonds. The molecular formula is C28H32N4O6. The van der Waals surface area contributed by atoms with Crippen LogP contribution >= 0.6 is 0 Å². The first kappa shape index (κ1) is 29.7. The van der Waals surface area contributed by atoms with Crippen molar-refractivity contribution in [3.63, 3.8) is 0 Å². The summed E-state index contributed by atoms with van der Waals surface area (Å²) in [7, 11) is 0. The van der Waals surface area contributed by atoms with Gasteiger partial charge < -0.3 is 15.8 Å². The van der Waals surface area contributed by atoms with Gasteiger partial charge in [-0.05, 0) is 36.6 Å². The topological polar surface area (TPSA) is 148 Å². The second-order valence-electron chi connectivity index (χ2n) is 8.29. The fourth-order valence-corrected chi connectivity index (χ4v) is 3.59. The number of nitrogens with zero attached hydrogens (tertiary/aromatic N) is 1. The molecule has 2 aromatic carbocycles. The van der Waals surface area contributed by atoms with Gasteiger partial charge in [0.2, 0.25) is 12.3 Å². The summed E-state index contributed by atoms with van der Waals surface area (Å²) < 4.78 is 5.58. The van der Waals surface area contributed by atoms with Gasteiger partial charge in [0.25, 0.3) is 17.7 Å². The average Bonchev–Trinajstić information content (AvgIpc) is 3.19. The summed E-state index contributed by atoms with van der Waals surface area (Å²) >= 11 is 0. The summed E-state index contributed by atoms with van der Waals surface area (Å²) in [4.78, 5) is 61.0. The molecule has 0 saturated heterocycles. The van der Waals surface area contributed by atoms with E-state index in [0.717, 1.165) is 16.0 Å². The molecular weight excluding hydrogens is 488 g/mol. The molecule has 1 atom stereocenters. The van der Waals surface area contributed by atoms with Gasteiger partial charge in [0.05, 0.1) is 11.1 Å². The third-order valence-electron chi connectivity index (χ3n) is 5.63. The van der Waals surface area contributed by atoms with E-state index in [1.165, 1.54) is 12.1 Å². The van der Waals surface area contributed by atoms with Crippen molar-refractivity contribution in [2.45, 2.75) is 38.9 Å². The number of ether oxygens (including phenoxy) is 1. The maximum atomic E-state index is 13.0. The van der Waals surface area contributed by atoms with E-state index in [2.05, 4.69) is 18.5 Å². The van der Waals surface area contributed by atoms with Crippen LogP contribution in [0.3, 0.4) is 0 Å². The highest BCUT2D eigenvalue weighted by Crippen LogP contribution is 2.32. The Labute approximate surface area is 221 Å². The summed E-state index contributed by atoms with van der Waals surface area (Å²) in [5.41, 5.74) is 7.72. The van der Waals surface area contributed by atoms with Crippen molar-refractivity contribution in [2.24, 2.45) is 5.73 Å². The lowest BCUT2D eigenvalue weighted by Gasteiger charge is -2.22. The molecule has 0 bridgehead atoms. The molecule has 1 aliphatic rings. The van der Waals surface area contributed by atoms with E-state index in [0.29, 0.717) is 13.1 Å². The fraction of sp³-hybridized carbons (Fsp3) is 0.250. The van der Waals surface area contributed by atoms with Crippen LogP contribution < -0.4 is 21.1 Å². The van der Waals surface area contributed by atoms with E-state index in [9.17, 15) is 24.0 Å². The predicted octanol–water partition coefficient (Wildman–Crippen LogP) is 2.24. The summed E-state index contributed by atoms with van der Waals surface area (Å²) in [6.45, 7) is 8.78. The van der Waals surface area contributed by atoms with E-state index in [4.69, 9.17) is 10.5 Å². The SMILES string of the molecule is C=CC=C.CC(CCC(=O)NC=O)N1C(=O)c2cccc(OCC(=O)NCc3ccc(CN)cc3)c2C1=O. The first-order chi connectivity index (χ1) is 18.3. The number of allylic oxidation sites excluding steroid dienone is 2. The smallest absolute Gasteiger partial charge is 0.265 e. The summed E-state index contributed by atoms with van der Waals surface area (Å²) in [5.74, 6) is -1.81. The third-order valence-corrected chi connectivity index (χ3v) is 5.63. The van der Waals surface area contributed by atoms with Gasteiger partial charge in [-0.1, -0.05) is 55.6 Å². The monoisotopic (exact) mass is 520 g/mol. The second kappa shape index (κ2) is 14.9. The molecule has 0 radical (unpaired) electrons. The van der Waals surface area contributed by atoms with Gasteiger partial charge in [0, 0.05) is 25.6 Å². The predicted molar refractivity (Wildman–Crippen MR) is 142 cm³/mol. The lowest BCUT2D eigenvalue weighted by Crippen LogP contribution is -2.38. The molecule has 1 aliphatic heterocycles. The fourth-order valence-electron chi connectivity index (χ4n) is 3.59. The largest absolute Gasteiger partial charge is 0.483 e. The molecule has 0 saturated carbocycles. The molecule has 200 valence electrons. The van der Waals surface area contributed by atoms with Crippen LogP contribution in [0.5, 0.6) is 5.75 Å². The maximum absolute atomic E-state index is 13.0. The standard InChI is InChI=1S/C24H26N4O6.C4H6/c1-15(5-10-20(30)27-14-29)28-23(32)18-3-2-4-19(22(18)24(28)33)34-13-21(31)26-12-17-8-6-16(11-25)7-9-17;1-3-4-2/h2-4,6-9,14-15H,5,10-13,25H2,1H3,(H,26,31)(H,27,29,30);3-4H,1-2H2. The molecule has 1 unspecified atom stereocenters. The Morgan fingerprint density at radius 3 is 2.29 bits per heavy atom. The Hall–Kier alpha value is -4.57. The zero-order valence-corrected chi connectivity index (χ0v) is 21.3. The molecule has 0 aliphatic carbocycles. The van der Waals surface area contributed by atoms with Gasteiger partial charge in [0.15, 0.2) is 6.61 Å². The van der Waals surface area contributed by atoms with Crippen LogP contribution in [0.1, 0.15) is 51.6 Å². The Kier molecular flexibility index (Phi) is 11.6. The van der Waals surface area contributed by atoms with E-state index >= 15 is 0 Å². The zero-order valence-electron chi connectivity index (χ0n) is 21.3. The minimum Gasteiger partial charge on any atom is -0.483 e. The molecule has 10 nitrogen and oxygen atoms in total.